The lowest BCUT2D eigenvalue weighted by molar-refractivity contribution is 0.146. The van der Waals surface area contributed by atoms with Crippen LogP contribution >= 0.6 is 0 Å². The number of nitrogens with one attached hydrogen (secondary N) is 2. The van der Waals surface area contributed by atoms with Crippen LogP contribution in [0, 0.1) is 0 Å². The Bertz CT molecular complexity index is 691. The Labute approximate surface area is 161 Å². The van der Waals surface area contributed by atoms with Crippen LogP contribution in [-0.2, 0) is 6.54 Å². The number of benzene rings is 1. The predicted molar refractivity (Wildman–Crippen MR) is 108 cm³/mol. The van der Waals surface area contributed by atoms with Gasteiger partial charge in [0.05, 0.1) is 19.4 Å². The second-order valence-corrected chi connectivity index (χ2v) is 6.78. The summed E-state index contributed by atoms with van der Waals surface area (Å²) in [6.07, 6.45) is 5.58. The van der Waals surface area contributed by atoms with Crippen LogP contribution in [-0.4, -0.2) is 44.7 Å². The van der Waals surface area contributed by atoms with E-state index in [2.05, 4.69) is 38.7 Å². The second kappa shape index (κ2) is 10.0. The number of furan rings is 1. The van der Waals surface area contributed by atoms with Gasteiger partial charge in [-0.3, -0.25) is 9.89 Å². The minimum Gasteiger partial charge on any atom is -0.497 e. The highest BCUT2D eigenvalue weighted by atomic mass is 16.5. The average Bonchev–Trinajstić information content (AvgIpc) is 3.26. The summed E-state index contributed by atoms with van der Waals surface area (Å²) in [5.41, 5.74) is 1.18. The maximum Gasteiger partial charge on any atom is 0.191 e. The van der Waals surface area contributed by atoms with Crippen LogP contribution in [0.25, 0.3) is 0 Å². The van der Waals surface area contributed by atoms with Gasteiger partial charge in [0.25, 0.3) is 0 Å². The smallest absolute Gasteiger partial charge is 0.191 e. The van der Waals surface area contributed by atoms with Gasteiger partial charge in [-0.25, -0.2) is 0 Å². The Kier molecular flexibility index (Phi) is 7.16. The molecular weight excluding hydrogens is 340 g/mol. The number of hydrogen-bond acceptors (Lipinski definition) is 4. The highest BCUT2D eigenvalue weighted by Crippen LogP contribution is 2.24. The normalized spacial score (nSPS) is 16.7. The van der Waals surface area contributed by atoms with Crippen LogP contribution in [0.2, 0.25) is 0 Å². The van der Waals surface area contributed by atoms with Crippen LogP contribution < -0.4 is 15.4 Å². The van der Waals surface area contributed by atoms with Gasteiger partial charge in [0.1, 0.15) is 11.5 Å². The van der Waals surface area contributed by atoms with Crippen molar-refractivity contribution in [3.63, 3.8) is 0 Å². The van der Waals surface area contributed by atoms with Crippen molar-refractivity contribution in [3.05, 3.63) is 54.0 Å². The first-order valence-electron chi connectivity index (χ1n) is 9.65. The van der Waals surface area contributed by atoms with E-state index in [0.29, 0.717) is 6.54 Å². The van der Waals surface area contributed by atoms with E-state index in [4.69, 9.17) is 9.15 Å². The predicted octanol–water partition coefficient (Wildman–Crippen LogP) is 3.18. The minimum atomic E-state index is 0.222. The lowest BCUT2D eigenvalue weighted by Crippen LogP contribution is -2.44. The molecule has 27 heavy (non-hydrogen) atoms. The van der Waals surface area contributed by atoms with Gasteiger partial charge < -0.3 is 19.8 Å². The molecule has 6 nitrogen and oxygen atoms in total. The standard InChI is InChI=1S/C21H30N4O2/c1-22-21(23-15-17-8-10-18(26-2)11-9-17)24-16-19(20-7-6-14-27-20)25-12-4-3-5-13-25/h6-11,14,19H,3-5,12-13,15-16H2,1-2H3,(H2,22,23,24). The number of methoxy groups -OCH3 is 1. The highest BCUT2D eigenvalue weighted by molar-refractivity contribution is 5.79. The summed E-state index contributed by atoms with van der Waals surface area (Å²) >= 11 is 0. The first-order chi connectivity index (χ1) is 13.3. The number of piperidine rings is 1. The molecular formula is C21H30N4O2. The van der Waals surface area contributed by atoms with Crippen molar-refractivity contribution in [1.29, 1.82) is 0 Å². The molecule has 1 aliphatic heterocycles. The molecule has 1 fully saturated rings. The number of rotatable bonds is 7. The Morgan fingerprint density at radius 1 is 1.15 bits per heavy atom. The third-order valence-electron chi connectivity index (χ3n) is 5.01. The van der Waals surface area contributed by atoms with Crippen molar-refractivity contribution >= 4 is 5.96 Å². The van der Waals surface area contributed by atoms with Crippen LogP contribution in [0.15, 0.2) is 52.1 Å². The SMILES string of the molecule is CN=C(NCc1ccc(OC)cc1)NCC(c1ccco1)N1CCCCC1. The fourth-order valence-corrected chi connectivity index (χ4v) is 3.46. The third-order valence-corrected chi connectivity index (χ3v) is 5.01. The lowest BCUT2D eigenvalue weighted by atomic mass is 10.1. The topological polar surface area (TPSA) is 62.0 Å². The van der Waals surface area contributed by atoms with Gasteiger partial charge in [-0.05, 0) is 55.8 Å². The summed E-state index contributed by atoms with van der Waals surface area (Å²) < 4.78 is 10.9. The maximum absolute atomic E-state index is 5.71. The first-order valence-corrected chi connectivity index (χ1v) is 9.65. The molecule has 1 aliphatic rings. The van der Waals surface area contributed by atoms with Gasteiger partial charge in [-0.15, -0.1) is 0 Å². The summed E-state index contributed by atoms with van der Waals surface area (Å²) in [4.78, 5) is 6.86. The van der Waals surface area contributed by atoms with Gasteiger partial charge in [-0.2, -0.15) is 0 Å². The molecule has 1 atom stereocenters. The molecule has 3 rings (SSSR count). The Morgan fingerprint density at radius 2 is 1.93 bits per heavy atom. The molecule has 0 saturated carbocycles. The van der Waals surface area contributed by atoms with Crippen molar-refractivity contribution in [2.75, 3.05) is 33.8 Å². The zero-order chi connectivity index (χ0) is 18.9. The molecule has 146 valence electrons. The molecule has 2 heterocycles. The molecule has 0 aliphatic carbocycles. The van der Waals surface area contributed by atoms with Gasteiger partial charge >= 0.3 is 0 Å². The van der Waals surface area contributed by atoms with Crippen molar-refractivity contribution in [1.82, 2.24) is 15.5 Å². The van der Waals surface area contributed by atoms with E-state index in [0.717, 1.165) is 37.1 Å². The third kappa shape index (κ3) is 5.50. The van der Waals surface area contributed by atoms with Crippen molar-refractivity contribution < 1.29 is 9.15 Å². The van der Waals surface area contributed by atoms with Gasteiger partial charge in [0.2, 0.25) is 0 Å². The van der Waals surface area contributed by atoms with Crippen LogP contribution in [0.1, 0.15) is 36.6 Å². The molecule has 0 amide bonds. The van der Waals surface area contributed by atoms with E-state index in [1.165, 1.54) is 24.8 Å². The van der Waals surface area contributed by atoms with E-state index < -0.39 is 0 Å². The van der Waals surface area contributed by atoms with Crippen molar-refractivity contribution in [3.8, 4) is 5.75 Å². The van der Waals surface area contributed by atoms with E-state index in [1.807, 2.05) is 18.2 Å². The zero-order valence-electron chi connectivity index (χ0n) is 16.3. The Morgan fingerprint density at radius 3 is 2.56 bits per heavy atom. The molecule has 2 N–H and O–H groups in total. The van der Waals surface area contributed by atoms with E-state index >= 15 is 0 Å². The number of likely N-dealkylation sites (tertiary alicyclic amines) is 1. The molecule has 0 radical (unpaired) electrons. The van der Waals surface area contributed by atoms with Gasteiger partial charge in [-0.1, -0.05) is 18.6 Å². The van der Waals surface area contributed by atoms with Gasteiger partial charge in [0.15, 0.2) is 5.96 Å². The molecule has 0 spiro atoms. The lowest BCUT2D eigenvalue weighted by Gasteiger charge is -2.33. The summed E-state index contributed by atoms with van der Waals surface area (Å²) in [5.74, 6) is 2.67. The maximum atomic E-state index is 5.71. The van der Waals surface area contributed by atoms with Crippen LogP contribution in [0.5, 0.6) is 5.75 Å². The van der Waals surface area contributed by atoms with Crippen molar-refractivity contribution in [2.24, 2.45) is 4.99 Å². The number of ether oxygens (including phenoxy) is 1. The van der Waals surface area contributed by atoms with E-state index in [9.17, 15) is 0 Å². The molecule has 0 bridgehead atoms. The fourth-order valence-electron chi connectivity index (χ4n) is 3.46. The molecule has 1 unspecified atom stereocenters. The largest absolute Gasteiger partial charge is 0.497 e. The summed E-state index contributed by atoms with van der Waals surface area (Å²) in [5, 5.41) is 6.84. The van der Waals surface area contributed by atoms with E-state index in [-0.39, 0.29) is 6.04 Å². The number of guanidine groups is 1. The molecule has 1 aromatic carbocycles. The van der Waals surface area contributed by atoms with Crippen LogP contribution in [0.3, 0.4) is 0 Å². The monoisotopic (exact) mass is 370 g/mol. The molecule has 6 heteroatoms. The fraction of sp³-hybridized carbons (Fsp3) is 0.476. The summed E-state index contributed by atoms with van der Waals surface area (Å²) in [6.45, 7) is 3.70. The molecule has 1 aromatic heterocycles. The number of hydrogen-bond donors (Lipinski definition) is 2. The van der Waals surface area contributed by atoms with Crippen LogP contribution in [0.4, 0.5) is 0 Å². The number of nitrogens with zero attached hydrogens (tertiary/aromatic N) is 2. The number of aliphatic imine (C=N–C) groups is 1. The van der Waals surface area contributed by atoms with E-state index in [1.54, 1.807) is 20.4 Å². The molecule has 1 saturated heterocycles. The minimum absolute atomic E-state index is 0.222. The molecule has 2 aromatic rings. The first kappa shape index (κ1) is 19.3. The Balaban J connectivity index is 1.55. The average molecular weight is 370 g/mol. The second-order valence-electron chi connectivity index (χ2n) is 6.78. The Hall–Kier alpha value is -2.47. The van der Waals surface area contributed by atoms with Crippen molar-refractivity contribution in [2.45, 2.75) is 31.8 Å². The highest BCUT2D eigenvalue weighted by Gasteiger charge is 2.24. The van der Waals surface area contributed by atoms with Gasteiger partial charge in [0, 0.05) is 20.1 Å². The summed E-state index contributed by atoms with van der Waals surface area (Å²) in [6, 6.07) is 12.3. The summed E-state index contributed by atoms with van der Waals surface area (Å²) in [7, 11) is 3.48. The zero-order valence-corrected chi connectivity index (χ0v) is 16.3. The quantitative estimate of drug-likeness (QED) is 0.579.